The molecule has 0 aliphatic carbocycles. The predicted octanol–water partition coefficient (Wildman–Crippen LogP) is 2.67. The van der Waals surface area contributed by atoms with Crippen LogP contribution in [0.15, 0.2) is 115 Å². The van der Waals surface area contributed by atoms with Crippen LogP contribution in [0.3, 0.4) is 0 Å². The summed E-state index contributed by atoms with van der Waals surface area (Å²) in [5.41, 5.74) is 2.35. The maximum Gasteiger partial charge on any atom is 0.198 e. The van der Waals surface area contributed by atoms with Crippen LogP contribution in [-0.2, 0) is 6.16 Å². The molecule has 5 rings (SSSR count). The molecule has 0 atom stereocenters. The first-order chi connectivity index (χ1) is 15.3. The van der Waals surface area contributed by atoms with Gasteiger partial charge in [-0.1, -0.05) is 72.8 Å². The molecule has 1 N–H and O–H groups in total. The van der Waals surface area contributed by atoms with Crippen LogP contribution in [0.25, 0.3) is 10.9 Å². The Morgan fingerprint density at radius 2 is 1.06 bits per heavy atom. The van der Waals surface area contributed by atoms with Gasteiger partial charge >= 0.3 is 0 Å². The van der Waals surface area contributed by atoms with Gasteiger partial charge in [0.05, 0.1) is 12.7 Å². The SMILES string of the molecule is COc1[nH]c2ccccc2c1C[P+](c1ccccc1)(c1ccccc1)c1ccccc1.[I-]. The lowest BCUT2D eigenvalue weighted by molar-refractivity contribution is -0.00000639. The summed E-state index contributed by atoms with van der Waals surface area (Å²) in [6.45, 7) is 0. The Morgan fingerprint density at radius 1 is 0.625 bits per heavy atom. The summed E-state index contributed by atoms with van der Waals surface area (Å²) in [7, 11) is -0.235. The predicted molar refractivity (Wildman–Crippen MR) is 134 cm³/mol. The molecule has 0 unspecified atom stereocenters. The smallest absolute Gasteiger partial charge is 0.198 e. The Morgan fingerprint density at radius 3 is 1.53 bits per heavy atom. The van der Waals surface area contributed by atoms with E-state index in [1.54, 1.807) is 7.11 Å². The molecule has 0 saturated carbocycles. The van der Waals surface area contributed by atoms with Gasteiger partial charge in [0.15, 0.2) is 5.88 Å². The van der Waals surface area contributed by atoms with E-state index in [4.69, 9.17) is 4.74 Å². The Bertz CT molecular complexity index is 1190. The molecule has 1 aromatic heterocycles. The van der Waals surface area contributed by atoms with E-state index in [1.807, 2.05) is 0 Å². The van der Waals surface area contributed by atoms with Gasteiger partial charge in [0, 0.05) is 10.9 Å². The van der Waals surface area contributed by atoms with Gasteiger partial charge in [-0.3, -0.25) is 0 Å². The van der Waals surface area contributed by atoms with Crippen molar-refractivity contribution in [1.29, 1.82) is 0 Å². The van der Waals surface area contributed by atoms with Gasteiger partial charge in [0.1, 0.15) is 29.3 Å². The first-order valence-corrected chi connectivity index (χ1v) is 12.5. The minimum Gasteiger partial charge on any atom is -1.00 e. The van der Waals surface area contributed by atoms with Crippen molar-refractivity contribution in [3.8, 4) is 5.88 Å². The minimum atomic E-state index is -1.99. The number of nitrogens with one attached hydrogen (secondary N) is 1. The molecule has 0 fully saturated rings. The van der Waals surface area contributed by atoms with E-state index in [9.17, 15) is 0 Å². The average Bonchev–Trinajstić information content (AvgIpc) is 3.21. The van der Waals surface area contributed by atoms with Crippen LogP contribution < -0.4 is 44.6 Å². The largest absolute Gasteiger partial charge is 1.00 e. The normalized spacial score (nSPS) is 11.2. The van der Waals surface area contributed by atoms with Crippen molar-refractivity contribution in [2.24, 2.45) is 0 Å². The number of hydrogen-bond acceptors (Lipinski definition) is 1. The van der Waals surface area contributed by atoms with Gasteiger partial charge in [-0.2, -0.15) is 0 Å². The first-order valence-electron chi connectivity index (χ1n) is 10.5. The van der Waals surface area contributed by atoms with Crippen LogP contribution in [0, 0.1) is 0 Å². The van der Waals surface area contributed by atoms with E-state index >= 15 is 0 Å². The summed E-state index contributed by atoms with van der Waals surface area (Å²) < 4.78 is 5.85. The van der Waals surface area contributed by atoms with Gasteiger partial charge in [0.25, 0.3) is 0 Å². The Balaban J connectivity index is 0.00000245. The van der Waals surface area contributed by atoms with Crippen LogP contribution in [0.4, 0.5) is 0 Å². The molecule has 4 aromatic carbocycles. The Kier molecular flexibility index (Phi) is 6.98. The van der Waals surface area contributed by atoms with Gasteiger partial charge in [-0.25, -0.2) is 0 Å². The highest BCUT2D eigenvalue weighted by atomic mass is 127. The molecule has 0 spiro atoms. The molecule has 0 aliphatic heterocycles. The van der Waals surface area contributed by atoms with Crippen LogP contribution in [0.1, 0.15) is 5.56 Å². The summed E-state index contributed by atoms with van der Waals surface area (Å²) >= 11 is 0. The molecule has 0 amide bonds. The quantitative estimate of drug-likeness (QED) is 0.256. The zero-order valence-electron chi connectivity index (χ0n) is 17.9. The number of hydrogen-bond donors (Lipinski definition) is 1. The lowest BCUT2D eigenvalue weighted by Gasteiger charge is -2.28. The fourth-order valence-corrected chi connectivity index (χ4v) is 8.79. The maximum absolute atomic E-state index is 5.85. The van der Waals surface area contributed by atoms with E-state index in [0.29, 0.717) is 0 Å². The molecular weight excluding hydrogens is 524 g/mol. The highest BCUT2D eigenvalue weighted by molar-refractivity contribution is 7.95. The van der Waals surface area contributed by atoms with E-state index < -0.39 is 7.26 Å². The highest BCUT2D eigenvalue weighted by Gasteiger charge is 2.46. The molecule has 160 valence electrons. The van der Waals surface area contributed by atoms with Crippen LogP contribution in [-0.4, -0.2) is 12.1 Å². The number of aromatic nitrogens is 1. The van der Waals surface area contributed by atoms with Gasteiger partial charge in [-0.15, -0.1) is 0 Å². The molecule has 0 saturated heterocycles. The van der Waals surface area contributed by atoms with Crippen molar-refractivity contribution < 1.29 is 28.7 Å². The van der Waals surface area contributed by atoms with Crippen molar-refractivity contribution in [1.82, 2.24) is 4.98 Å². The Hall–Kier alpha value is -2.62. The third-order valence-electron chi connectivity index (χ3n) is 5.96. The average molecular weight is 549 g/mol. The van der Waals surface area contributed by atoms with Gasteiger partial charge in [0.2, 0.25) is 0 Å². The summed E-state index contributed by atoms with van der Waals surface area (Å²) in [5, 5.41) is 5.35. The molecule has 32 heavy (non-hydrogen) atoms. The second-order valence-electron chi connectivity index (χ2n) is 7.66. The van der Waals surface area contributed by atoms with Crippen molar-refractivity contribution in [2.45, 2.75) is 6.16 Å². The van der Waals surface area contributed by atoms with E-state index in [1.165, 1.54) is 26.9 Å². The first kappa shape index (κ1) is 22.6. The number of fused-ring (bicyclic) bond motifs is 1. The number of H-pyrrole nitrogens is 1. The van der Waals surface area contributed by atoms with Crippen LogP contribution in [0.5, 0.6) is 5.88 Å². The molecule has 1 heterocycles. The molecule has 4 heteroatoms. The van der Waals surface area contributed by atoms with Crippen molar-refractivity contribution in [3.05, 3.63) is 121 Å². The summed E-state index contributed by atoms with van der Waals surface area (Å²) in [4.78, 5) is 3.49. The standard InChI is InChI=1S/C28H25NOP.HI/c1-30-28-26(25-19-11-12-20-27(25)29-28)21-31(22-13-5-2-6-14-22,23-15-7-3-8-16-23)24-17-9-4-10-18-24;/h2-20,29H,21H2,1H3;1H/q+1;/p-1. The van der Waals surface area contributed by atoms with Gasteiger partial charge in [-0.05, 0) is 42.5 Å². The maximum atomic E-state index is 5.85. The zero-order chi connectivity index (χ0) is 21.1. The number of rotatable bonds is 6. The van der Waals surface area contributed by atoms with Crippen LogP contribution >= 0.6 is 7.26 Å². The molecule has 0 radical (unpaired) electrons. The number of methoxy groups -OCH3 is 1. The van der Waals surface area contributed by atoms with E-state index in [-0.39, 0.29) is 24.0 Å². The lowest BCUT2D eigenvalue weighted by Crippen LogP contribution is -3.00. The Labute approximate surface area is 207 Å². The number of halogens is 1. The molecule has 5 aromatic rings. The minimum absolute atomic E-state index is 0. The highest BCUT2D eigenvalue weighted by Crippen LogP contribution is 2.59. The third-order valence-corrected chi connectivity index (χ3v) is 10.3. The topological polar surface area (TPSA) is 25.0 Å². The summed E-state index contributed by atoms with van der Waals surface area (Å²) in [6.07, 6.45) is 0.887. The number of benzene rings is 4. The molecule has 0 bridgehead atoms. The second kappa shape index (κ2) is 9.89. The van der Waals surface area contributed by atoms with Crippen molar-refractivity contribution in [2.75, 3.05) is 7.11 Å². The number of ether oxygens (including phenoxy) is 1. The second-order valence-corrected chi connectivity index (χ2v) is 11.1. The fraction of sp³-hybridized carbons (Fsp3) is 0.0714. The lowest BCUT2D eigenvalue weighted by atomic mass is 10.2. The third kappa shape index (κ3) is 3.96. The van der Waals surface area contributed by atoms with Crippen molar-refractivity contribution in [3.63, 3.8) is 0 Å². The monoisotopic (exact) mass is 549 g/mol. The van der Waals surface area contributed by atoms with E-state index in [2.05, 4.69) is 120 Å². The van der Waals surface area contributed by atoms with Crippen molar-refractivity contribution >= 4 is 34.1 Å². The van der Waals surface area contributed by atoms with E-state index in [0.717, 1.165) is 17.6 Å². The fourth-order valence-electron chi connectivity index (χ4n) is 4.51. The number of aromatic amines is 1. The number of para-hydroxylation sites is 1. The zero-order valence-corrected chi connectivity index (χ0v) is 21.0. The summed E-state index contributed by atoms with van der Waals surface area (Å²) in [5.74, 6) is 0.855. The molecular formula is C28H25INOP. The van der Waals surface area contributed by atoms with Gasteiger partial charge < -0.3 is 33.7 Å². The molecule has 2 nitrogen and oxygen atoms in total. The van der Waals surface area contributed by atoms with Crippen LogP contribution in [0.2, 0.25) is 0 Å². The molecule has 0 aliphatic rings. The summed E-state index contributed by atoms with van der Waals surface area (Å²) in [6, 6.07) is 41.4.